The van der Waals surface area contributed by atoms with Gasteiger partial charge in [-0.3, -0.25) is 0 Å². The molecule has 1 fully saturated rings. The van der Waals surface area contributed by atoms with Crippen molar-refractivity contribution in [3.8, 4) is 0 Å². The minimum atomic E-state index is 0.00607. The van der Waals surface area contributed by atoms with E-state index in [9.17, 15) is 0 Å². The summed E-state index contributed by atoms with van der Waals surface area (Å²) in [6, 6.07) is 0.594. The minimum Gasteiger partial charge on any atom is -0.445 e. The summed E-state index contributed by atoms with van der Waals surface area (Å²) >= 11 is 0. The smallest absolute Gasteiger partial charge is 0.199 e. The van der Waals surface area contributed by atoms with Gasteiger partial charge in [0, 0.05) is 17.9 Å². The first-order chi connectivity index (χ1) is 7.47. The molecule has 1 saturated heterocycles. The molecule has 0 saturated carbocycles. The first kappa shape index (κ1) is 11.6. The Morgan fingerprint density at radius 1 is 1.44 bits per heavy atom. The highest BCUT2D eigenvalue weighted by Gasteiger charge is 2.24. The molecular formula is C13H22N2O. The molecular weight excluding hydrogens is 200 g/mol. The Balaban J connectivity index is 2.12. The average molecular weight is 222 g/mol. The van der Waals surface area contributed by atoms with Crippen LogP contribution in [0, 0.1) is 6.92 Å². The van der Waals surface area contributed by atoms with E-state index in [1.807, 2.05) is 6.92 Å². The molecule has 3 heteroatoms. The molecule has 1 atom stereocenters. The van der Waals surface area contributed by atoms with E-state index in [1.165, 1.54) is 12.8 Å². The highest BCUT2D eigenvalue weighted by Crippen LogP contribution is 2.25. The Morgan fingerprint density at radius 2 is 2.19 bits per heavy atom. The molecule has 0 amide bonds. The molecule has 0 aromatic carbocycles. The van der Waals surface area contributed by atoms with Gasteiger partial charge in [0.15, 0.2) is 5.89 Å². The molecule has 2 heterocycles. The van der Waals surface area contributed by atoms with Crippen molar-refractivity contribution in [3.05, 3.63) is 17.3 Å². The summed E-state index contributed by atoms with van der Waals surface area (Å²) in [6.45, 7) is 9.57. The molecule has 90 valence electrons. The molecule has 1 aliphatic rings. The molecule has 1 aromatic rings. The van der Waals surface area contributed by atoms with Crippen molar-refractivity contribution in [1.82, 2.24) is 10.3 Å². The van der Waals surface area contributed by atoms with Crippen LogP contribution in [0.1, 0.15) is 51.0 Å². The molecule has 1 aromatic heterocycles. The Labute approximate surface area is 97.6 Å². The number of hydrogen-bond donors (Lipinski definition) is 1. The number of nitrogens with zero attached hydrogens (tertiary/aromatic N) is 1. The molecule has 0 spiro atoms. The van der Waals surface area contributed by atoms with Crippen LogP contribution in [0.2, 0.25) is 0 Å². The van der Waals surface area contributed by atoms with Gasteiger partial charge >= 0.3 is 0 Å². The van der Waals surface area contributed by atoms with E-state index < -0.39 is 0 Å². The predicted octanol–water partition coefficient (Wildman–Crippen LogP) is 2.58. The zero-order valence-corrected chi connectivity index (χ0v) is 10.8. The lowest BCUT2D eigenvalue weighted by Crippen LogP contribution is -2.24. The van der Waals surface area contributed by atoms with Gasteiger partial charge in [0.25, 0.3) is 0 Å². The zero-order chi connectivity index (χ0) is 11.8. The quantitative estimate of drug-likeness (QED) is 0.835. The van der Waals surface area contributed by atoms with E-state index in [2.05, 4.69) is 31.1 Å². The summed E-state index contributed by atoms with van der Waals surface area (Å²) in [4.78, 5) is 4.64. The van der Waals surface area contributed by atoms with Crippen LogP contribution in [0.3, 0.4) is 0 Å². The Morgan fingerprint density at radius 3 is 2.69 bits per heavy atom. The maximum Gasteiger partial charge on any atom is 0.199 e. The van der Waals surface area contributed by atoms with Gasteiger partial charge in [0.1, 0.15) is 5.76 Å². The number of nitrogens with one attached hydrogen (secondary N) is 1. The van der Waals surface area contributed by atoms with Gasteiger partial charge in [-0.15, -0.1) is 0 Å². The lowest BCUT2D eigenvalue weighted by atomic mass is 9.97. The highest BCUT2D eigenvalue weighted by molar-refractivity contribution is 5.13. The molecule has 0 bridgehead atoms. The molecule has 1 N–H and O–H groups in total. The number of aromatic nitrogens is 1. The second-order valence-electron chi connectivity index (χ2n) is 5.77. The van der Waals surface area contributed by atoms with Crippen LogP contribution in [0.15, 0.2) is 4.42 Å². The Hall–Kier alpha value is -0.830. The normalized spacial score (nSPS) is 21.6. The minimum absolute atomic E-state index is 0.00607. The van der Waals surface area contributed by atoms with E-state index in [-0.39, 0.29) is 5.41 Å². The van der Waals surface area contributed by atoms with Crippen LogP contribution in [0.4, 0.5) is 0 Å². The van der Waals surface area contributed by atoms with E-state index in [4.69, 9.17) is 4.42 Å². The largest absolute Gasteiger partial charge is 0.445 e. The topological polar surface area (TPSA) is 38.1 Å². The lowest BCUT2D eigenvalue weighted by Gasteiger charge is -2.12. The van der Waals surface area contributed by atoms with Crippen LogP contribution in [0.5, 0.6) is 0 Å². The van der Waals surface area contributed by atoms with Gasteiger partial charge in [0.2, 0.25) is 0 Å². The van der Waals surface area contributed by atoms with Crippen LogP contribution < -0.4 is 5.32 Å². The fourth-order valence-electron chi connectivity index (χ4n) is 2.10. The fraction of sp³-hybridized carbons (Fsp3) is 0.769. The maximum atomic E-state index is 5.75. The second kappa shape index (κ2) is 4.21. The Kier molecular flexibility index (Phi) is 3.06. The summed E-state index contributed by atoms with van der Waals surface area (Å²) in [5.74, 6) is 1.84. The molecule has 0 radical (unpaired) electrons. The van der Waals surface area contributed by atoms with Crippen LogP contribution in [-0.2, 0) is 11.8 Å². The third kappa shape index (κ3) is 2.46. The number of aryl methyl sites for hydroxylation is 1. The number of rotatable bonds is 2. The average Bonchev–Trinajstić information content (AvgIpc) is 2.76. The number of oxazole rings is 1. The molecule has 2 rings (SSSR count). The van der Waals surface area contributed by atoms with Crippen LogP contribution >= 0.6 is 0 Å². The monoisotopic (exact) mass is 222 g/mol. The standard InChI is InChI=1S/C13H22N2O/c1-9-11(8-10-6-5-7-14-10)15-12(16-9)13(2,3)4/h10,14H,5-8H2,1-4H3. The van der Waals surface area contributed by atoms with Gasteiger partial charge in [0.05, 0.1) is 5.69 Å². The molecule has 1 aliphatic heterocycles. The van der Waals surface area contributed by atoms with Crippen molar-refractivity contribution in [2.45, 2.75) is 58.4 Å². The maximum absolute atomic E-state index is 5.75. The summed E-state index contributed by atoms with van der Waals surface area (Å²) in [7, 11) is 0. The zero-order valence-electron chi connectivity index (χ0n) is 10.8. The van der Waals surface area contributed by atoms with Crippen molar-refractivity contribution in [1.29, 1.82) is 0 Å². The lowest BCUT2D eigenvalue weighted by molar-refractivity contribution is 0.380. The molecule has 0 aliphatic carbocycles. The van der Waals surface area contributed by atoms with Crippen LogP contribution in [-0.4, -0.2) is 17.6 Å². The summed E-state index contributed by atoms with van der Waals surface area (Å²) < 4.78 is 5.75. The third-order valence-corrected chi connectivity index (χ3v) is 3.14. The number of hydrogen-bond acceptors (Lipinski definition) is 3. The molecule has 16 heavy (non-hydrogen) atoms. The molecule has 3 nitrogen and oxygen atoms in total. The summed E-state index contributed by atoms with van der Waals surface area (Å²) in [6.07, 6.45) is 3.55. The van der Waals surface area contributed by atoms with E-state index >= 15 is 0 Å². The first-order valence-corrected chi connectivity index (χ1v) is 6.17. The highest BCUT2D eigenvalue weighted by atomic mass is 16.4. The first-order valence-electron chi connectivity index (χ1n) is 6.17. The van der Waals surface area contributed by atoms with Crippen molar-refractivity contribution < 1.29 is 4.42 Å². The van der Waals surface area contributed by atoms with E-state index in [0.29, 0.717) is 6.04 Å². The third-order valence-electron chi connectivity index (χ3n) is 3.14. The fourth-order valence-corrected chi connectivity index (χ4v) is 2.10. The molecule has 1 unspecified atom stereocenters. The van der Waals surface area contributed by atoms with Gasteiger partial charge in [-0.1, -0.05) is 20.8 Å². The predicted molar refractivity (Wildman–Crippen MR) is 64.7 cm³/mol. The van der Waals surface area contributed by atoms with E-state index in [1.54, 1.807) is 0 Å². The van der Waals surface area contributed by atoms with Crippen molar-refractivity contribution >= 4 is 0 Å². The van der Waals surface area contributed by atoms with E-state index in [0.717, 1.165) is 30.3 Å². The van der Waals surface area contributed by atoms with Gasteiger partial charge < -0.3 is 9.73 Å². The SMILES string of the molecule is Cc1oc(C(C)(C)C)nc1CC1CCCN1. The van der Waals surface area contributed by atoms with Crippen molar-refractivity contribution in [3.63, 3.8) is 0 Å². The van der Waals surface area contributed by atoms with Gasteiger partial charge in [-0.05, 0) is 26.3 Å². The van der Waals surface area contributed by atoms with Gasteiger partial charge in [-0.25, -0.2) is 4.98 Å². The van der Waals surface area contributed by atoms with Crippen molar-refractivity contribution in [2.24, 2.45) is 0 Å². The summed E-state index contributed by atoms with van der Waals surface area (Å²) in [5, 5.41) is 3.50. The van der Waals surface area contributed by atoms with Gasteiger partial charge in [-0.2, -0.15) is 0 Å². The van der Waals surface area contributed by atoms with Crippen LogP contribution in [0.25, 0.3) is 0 Å². The summed E-state index contributed by atoms with van der Waals surface area (Å²) in [5.41, 5.74) is 1.14. The van der Waals surface area contributed by atoms with Crippen molar-refractivity contribution in [2.75, 3.05) is 6.54 Å². The second-order valence-corrected chi connectivity index (χ2v) is 5.77. The Bertz CT molecular complexity index is 356.